The smallest absolute Gasteiger partial charge is 0.0221 e. The zero-order chi connectivity index (χ0) is 8.53. The van der Waals surface area contributed by atoms with Gasteiger partial charge in [0.15, 0.2) is 0 Å². The van der Waals surface area contributed by atoms with Gasteiger partial charge < -0.3 is 0 Å². The van der Waals surface area contributed by atoms with E-state index in [9.17, 15) is 0 Å². The Labute approximate surface area is 69.5 Å². The minimum absolute atomic E-state index is 0.559. The van der Waals surface area contributed by atoms with Gasteiger partial charge in [0.2, 0.25) is 0 Å². The maximum absolute atomic E-state index is 4.13. The van der Waals surface area contributed by atoms with E-state index in [0.717, 1.165) is 12.8 Å². The van der Waals surface area contributed by atoms with Gasteiger partial charge >= 0.3 is 0 Å². The third kappa shape index (κ3) is 5.59. The Hall–Kier alpha value is -0.850. The lowest BCUT2D eigenvalue weighted by Gasteiger charge is -2.02. The molecule has 0 fully saturated rings. The van der Waals surface area contributed by atoms with Gasteiger partial charge in [-0.15, -0.1) is 6.58 Å². The topological polar surface area (TPSA) is 12.4 Å². The molecule has 0 aromatic heterocycles. The highest BCUT2D eigenvalue weighted by Gasteiger charge is 1.97. The lowest BCUT2D eigenvalue weighted by Crippen LogP contribution is -1.97. The Morgan fingerprint density at radius 2 is 2.27 bits per heavy atom. The van der Waals surface area contributed by atoms with E-state index in [2.05, 4.69) is 18.5 Å². The molecule has 0 amide bonds. The molecule has 1 unspecified atom stereocenters. The van der Waals surface area contributed by atoms with Gasteiger partial charge in [0.25, 0.3) is 0 Å². The number of aliphatic imine (C=N–C) groups is 1. The molecule has 0 N–H and O–H groups in total. The molecule has 1 atom stereocenters. The minimum atomic E-state index is 0.559. The van der Waals surface area contributed by atoms with Crippen molar-refractivity contribution in [2.45, 2.75) is 26.7 Å². The van der Waals surface area contributed by atoms with Gasteiger partial charge in [-0.25, -0.2) is 0 Å². The molecule has 1 nitrogen and oxygen atoms in total. The summed E-state index contributed by atoms with van der Waals surface area (Å²) in [5.74, 6) is 0.559. The first-order chi connectivity index (χ1) is 5.35. The summed E-state index contributed by atoms with van der Waals surface area (Å²) in [6.07, 6.45) is 9.82. The average molecular weight is 151 g/mol. The summed E-state index contributed by atoms with van der Waals surface area (Å²) in [5, 5.41) is 0. The molecule has 1 heteroatoms. The monoisotopic (exact) mass is 151 g/mol. The van der Waals surface area contributed by atoms with Crippen LogP contribution in [0.25, 0.3) is 0 Å². The molecule has 0 spiro atoms. The Balaban J connectivity index is 3.75. The molecular weight excluding hydrogens is 134 g/mol. The van der Waals surface area contributed by atoms with Gasteiger partial charge in [0, 0.05) is 12.4 Å². The third-order valence-electron chi connectivity index (χ3n) is 1.53. The predicted molar refractivity (Wildman–Crippen MR) is 51.9 cm³/mol. The van der Waals surface area contributed by atoms with E-state index in [1.54, 1.807) is 0 Å². The molecule has 0 radical (unpaired) electrons. The van der Waals surface area contributed by atoms with Crippen LogP contribution in [0.2, 0.25) is 0 Å². The molecule has 0 aromatic carbocycles. The largest absolute Gasteiger partial charge is 0.269 e. The Kier molecular flexibility index (Phi) is 6.70. The highest BCUT2D eigenvalue weighted by atomic mass is 14.7. The molecule has 0 saturated heterocycles. The van der Waals surface area contributed by atoms with Crippen LogP contribution in [0.15, 0.2) is 29.9 Å². The van der Waals surface area contributed by atoms with Crippen molar-refractivity contribution in [2.75, 3.05) is 0 Å². The van der Waals surface area contributed by atoms with Crippen molar-refractivity contribution in [3.05, 3.63) is 24.9 Å². The van der Waals surface area contributed by atoms with Crippen molar-refractivity contribution in [3.8, 4) is 0 Å². The van der Waals surface area contributed by atoms with E-state index in [1.165, 1.54) is 0 Å². The maximum Gasteiger partial charge on any atom is 0.0221 e. The first kappa shape index (κ1) is 10.2. The SMILES string of the molecule is C=CCC(C=N/C=C\C)CC. The highest BCUT2D eigenvalue weighted by molar-refractivity contribution is 5.61. The normalized spacial score (nSPS) is 14.4. The molecule has 0 aliphatic carbocycles. The van der Waals surface area contributed by atoms with Gasteiger partial charge in [-0.2, -0.15) is 0 Å². The van der Waals surface area contributed by atoms with E-state index in [-0.39, 0.29) is 0 Å². The first-order valence-corrected chi connectivity index (χ1v) is 4.10. The lowest BCUT2D eigenvalue weighted by atomic mass is 10.0. The molecule has 0 aromatic rings. The predicted octanol–water partition coefficient (Wildman–Crippen LogP) is 3.19. The summed E-state index contributed by atoms with van der Waals surface area (Å²) in [7, 11) is 0. The number of nitrogens with zero attached hydrogens (tertiary/aromatic N) is 1. The number of hydrogen-bond acceptors (Lipinski definition) is 1. The van der Waals surface area contributed by atoms with Gasteiger partial charge in [0.1, 0.15) is 0 Å². The van der Waals surface area contributed by atoms with Gasteiger partial charge in [-0.3, -0.25) is 4.99 Å². The Bertz CT molecular complexity index is 145. The molecule has 62 valence electrons. The molecule has 0 bridgehead atoms. The Morgan fingerprint density at radius 3 is 2.73 bits per heavy atom. The second kappa shape index (κ2) is 7.26. The third-order valence-corrected chi connectivity index (χ3v) is 1.53. The van der Waals surface area contributed by atoms with Gasteiger partial charge in [-0.1, -0.05) is 19.1 Å². The summed E-state index contributed by atoms with van der Waals surface area (Å²) < 4.78 is 0. The second-order valence-corrected chi connectivity index (χ2v) is 2.47. The van der Waals surface area contributed by atoms with Crippen LogP contribution in [-0.4, -0.2) is 6.21 Å². The molecule has 0 aliphatic rings. The van der Waals surface area contributed by atoms with E-state index in [4.69, 9.17) is 0 Å². The van der Waals surface area contributed by atoms with E-state index >= 15 is 0 Å². The van der Waals surface area contributed by atoms with E-state index < -0.39 is 0 Å². The van der Waals surface area contributed by atoms with Crippen molar-refractivity contribution < 1.29 is 0 Å². The fourth-order valence-electron chi connectivity index (χ4n) is 0.804. The van der Waals surface area contributed by atoms with E-state index in [0.29, 0.717) is 5.92 Å². The lowest BCUT2D eigenvalue weighted by molar-refractivity contribution is 0.691. The number of hydrogen-bond donors (Lipinski definition) is 0. The molecule has 11 heavy (non-hydrogen) atoms. The van der Waals surface area contributed by atoms with Gasteiger partial charge in [0.05, 0.1) is 0 Å². The van der Waals surface area contributed by atoms with Gasteiger partial charge in [-0.05, 0) is 25.7 Å². The Morgan fingerprint density at radius 1 is 1.55 bits per heavy atom. The standard InChI is InChI=1S/C10H17N/c1-4-7-10(6-3)9-11-8-5-2/h4-5,8-10H,1,6-7H2,2-3H3/b8-5-,11-9?. The minimum Gasteiger partial charge on any atom is -0.269 e. The highest BCUT2D eigenvalue weighted by Crippen LogP contribution is 2.04. The quantitative estimate of drug-likeness (QED) is 0.422. The summed E-state index contributed by atoms with van der Waals surface area (Å²) in [6, 6.07) is 0. The number of rotatable bonds is 5. The van der Waals surface area contributed by atoms with Crippen LogP contribution in [0, 0.1) is 5.92 Å². The summed E-state index contributed by atoms with van der Waals surface area (Å²) in [6.45, 7) is 7.82. The fourth-order valence-corrected chi connectivity index (χ4v) is 0.804. The van der Waals surface area contributed by atoms with Crippen LogP contribution < -0.4 is 0 Å². The van der Waals surface area contributed by atoms with Crippen molar-refractivity contribution in [1.29, 1.82) is 0 Å². The number of allylic oxidation sites excluding steroid dienone is 2. The summed E-state index contributed by atoms with van der Waals surface area (Å²) >= 11 is 0. The first-order valence-electron chi connectivity index (χ1n) is 4.10. The molecule has 0 rings (SSSR count). The second-order valence-electron chi connectivity index (χ2n) is 2.47. The zero-order valence-electron chi connectivity index (χ0n) is 7.46. The summed E-state index contributed by atoms with van der Waals surface area (Å²) in [5.41, 5.74) is 0. The van der Waals surface area contributed by atoms with Crippen LogP contribution in [0.1, 0.15) is 26.7 Å². The van der Waals surface area contributed by atoms with Crippen molar-refractivity contribution in [3.63, 3.8) is 0 Å². The molecular formula is C10H17N. The van der Waals surface area contributed by atoms with Crippen LogP contribution >= 0.6 is 0 Å². The van der Waals surface area contributed by atoms with Crippen molar-refractivity contribution in [2.24, 2.45) is 10.9 Å². The fraction of sp³-hybridized carbons (Fsp3) is 0.500. The van der Waals surface area contributed by atoms with Crippen LogP contribution in [0.4, 0.5) is 0 Å². The van der Waals surface area contributed by atoms with Crippen LogP contribution in [0.3, 0.4) is 0 Å². The average Bonchev–Trinajstić information content (AvgIpc) is 2.03. The molecule has 0 heterocycles. The molecule has 0 aliphatic heterocycles. The van der Waals surface area contributed by atoms with E-state index in [1.807, 2.05) is 31.5 Å². The summed E-state index contributed by atoms with van der Waals surface area (Å²) in [4.78, 5) is 4.13. The maximum atomic E-state index is 4.13. The van der Waals surface area contributed by atoms with Crippen molar-refractivity contribution >= 4 is 6.21 Å². The van der Waals surface area contributed by atoms with Crippen molar-refractivity contribution in [1.82, 2.24) is 0 Å². The van der Waals surface area contributed by atoms with Crippen LogP contribution in [0.5, 0.6) is 0 Å². The van der Waals surface area contributed by atoms with Crippen LogP contribution in [-0.2, 0) is 0 Å². The zero-order valence-corrected chi connectivity index (χ0v) is 7.46. The molecule has 0 saturated carbocycles.